The number of amides is 1. The summed E-state index contributed by atoms with van der Waals surface area (Å²) < 4.78 is 5.34. The van der Waals surface area contributed by atoms with E-state index in [4.69, 9.17) is 4.74 Å². The molecular formula is C15H18NNaO4S. The molecule has 1 saturated heterocycles. The Kier molecular flexibility index (Phi) is 6.80. The maximum absolute atomic E-state index is 12.4. The van der Waals surface area contributed by atoms with Crippen LogP contribution in [0.5, 0.6) is 0 Å². The number of nitrogens with zero attached hydrogens (tertiary/aromatic N) is 1. The molecule has 1 aromatic carbocycles. The number of benzene rings is 1. The minimum absolute atomic E-state index is 0. The minimum atomic E-state index is -1.26. The predicted molar refractivity (Wildman–Crippen MR) is 78.5 cm³/mol. The molecule has 2 rings (SSSR count). The second-order valence-corrected chi connectivity index (χ2v) is 6.93. The summed E-state index contributed by atoms with van der Waals surface area (Å²) in [6.07, 6.45) is -0.629. The molecule has 0 aromatic heterocycles. The quantitative estimate of drug-likeness (QED) is 0.636. The smallest absolute Gasteiger partial charge is 0.548 e. The number of carbonyl (C=O) groups is 2. The molecule has 0 N–H and O–H groups in total. The standard InChI is InChI=1S/C15H19NO4S.Na/c1-15(2,3)20-14(19)16-11(13(17)18)9-21-12(16)10-7-5-4-6-8-10;/h4-8,11-12H,9H2,1-3H3,(H,17,18);/q;+1/p-1. The average Bonchev–Trinajstić information content (AvgIpc) is 2.82. The molecule has 1 aromatic rings. The van der Waals surface area contributed by atoms with E-state index in [1.54, 1.807) is 20.8 Å². The number of carboxylic acid groups (broad SMARTS) is 1. The zero-order chi connectivity index (χ0) is 15.6. The molecule has 1 aliphatic heterocycles. The average molecular weight is 331 g/mol. The summed E-state index contributed by atoms with van der Waals surface area (Å²) in [5, 5.41) is 10.9. The van der Waals surface area contributed by atoms with Crippen LogP contribution in [0.25, 0.3) is 0 Å². The Morgan fingerprint density at radius 2 is 1.86 bits per heavy atom. The third-order valence-corrected chi connectivity index (χ3v) is 4.28. The van der Waals surface area contributed by atoms with Gasteiger partial charge in [0.1, 0.15) is 11.0 Å². The van der Waals surface area contributed by atoms with Crippen LogP contribution >= 0.6 is 11.8 Å². The third kappa shape index (κ3) is 4.65. The molecule has 7 heteroatoms. The molecule has 1 heterocycles. The summed E-state index contributed by atoms with van der Waals surface area (Å²) in [4.78, 5) is 24.9. The van der Waals surface area contributed by atoms with Gasteiger partial charge in [-0.1, -0.05) is 30.3 Å². The van der Waals surface area contributed by atoms with Crippen LogP contribution in [-0.4, -0.2) is 34.4 Å². The van der Waals surface area contributed by atoms with Gasteiger partial charge in [0.15, 0.2) is 0 Å². The normalized spacial score (nSPS) is 21.1. The van der Waals surface area contributed by atoms with Crippen LogP contribution in [0.4, 0.5) is 4.79 Å². The zero-order valence-corrected chi connectivity index (χ0v) is 16.1. The maximum Gasteiger partial charge on any atom is 1.00 e. The van der Waals surface area contributed by atoms with E-state index in [1.165, 1.54) is 16.7 Å². The van der Waals surface area contributed by atoms with Gasteiger partial charge in [-0.15, -0.1) is 11.8 Å². The maximum atomic E-state index is 12.4. The number of carbonyl (C=O) groups excluding carboxylic acids is 2. The molecule has 114 valence electrons. The van der Waals surface area contributed by atoms with Crippen molar-refractivity contribution in [1.29, 1.82) is 0 Å². The van der Waals surface area contributed by atoms with Gasteiger partial charge in [0, 0.05) is 5.75 Å². The molecule has 1 fully saturated rings. The molecule has 0 spiro atoms. The molecule has 0 aliphatic carbocycles. The second-order valence-electron chi connectivity index (χ2n) is 5.82. The first-order valence-corrected chi connectivity index (χ1v) is 7.73. The van der Waals surface area contributed by atoms with Gasteiger partial charge in [-0.25, -0.2) is 4.79 Å². The molecule has 5 nitrogen and oxygen atoms in total. The zero-order valence-electron chi connectivity index (χ0n) is 13.2. The van der Waals surface area contributed by atoms with Crippen molar-refractivity contribution in [2.45, 2.75) is 37.8 Å². The van der Waals surface area contributed by atoms with Gasteiger partial charge in [0.05, 0.1) is 12.0 Å². The molecule has 1 aliphatic rings. The first-order valence-electron chi connectivity index (χ1n) is 6.68. The van der Waals surface area contributed by atoms with Crippen molar-refractivity contribution in [3.05, 3.63) is 35.9 Å². The van der Waals surface area contributed by atoms with Crippen molar-refractivity contribution in [3.63, 3.8) is 0 Å². The topological polar surface area (TPSA) is 69.7 Å². The van der Waals surface area contributed by atoms with Crippen molar-refractivity contribution >= 4 is 23.8 Å². The Bertz CT molecular complexity index is 532. The van der Waals surface area contributed by atoms with Crippen molar-refractivity contribution in [2.24, 2.45) is 0 Å². The van der Waals surface area contributed by atoms with E-state index >= 15 is 0 Å². The van der Waals surface area contributed by atoms with Crippen LogP contribution in [0.15, 0.2) is 30.3 Å². The third-order valence-electron chi connectivity index (χ3n) is 2.96. The van der Waals surface area contributed by atoms with E-state index in [0.29, 0.717) is 5.75 Å². The second kappa shape index (κ2) is 7.73. The van der Waals surface area contributed by atoms with Crippen LogP contribution < -0.4 is 34.7 Å². The molecule has 2 unspecified atom stereocenters. The fourth-order valence-electron chi connectivity index (χ4n) is 2.10. The summed E-state index contributed by atoms with van der Waals surface area (Å²) in [7, 11) is 0. The van der Waals surface area contributed by atoms with Crippen LogP contribution in [0.3, 0.4) is 0 Å². The molecule has 22 heavy (non-hydrogen) atoms. The summed E-state index contributed by atoms with van der Waals surface area (Å²) in [5.41, 5.74) is 0.194. The van der Waals surface area contributed by atoms with Gasteiger partial charge in [-0.2, -0.15) is 0 Å². The van der Waals surface area contributed by atoms with Gasteiger partial charge < -0.3 is 14.6 Å². The van der Waals surface area contributed by atoms with E-state index in [2.05, 4.69) is 0 Å². The van der Waals surface area contributed by atoms with Gasteiger partial charge in [0.2, 0.25) is 0 Å². The molecule has 0 bridgehead atoms. The number of rotatable bonds is 2. The van der Waals surface area contributed by atoms with Crippen LogP contribution in [-0.2, 0) is 9.53 Å². The monoisotopic (exact) mass is 331 g/mol. The molecule has 0 saturated carbocycles. The minimum Gasteiger partial charge on any atom is -0.548 e. The predicted octanol–water partition coefficient (Wildman–Crippen LogP) is -1.21. The summed E-state index contributed by atoms with van der Waals surface area (Å²) >= 11 is 1.40. The van der Waals surface area contributed by atoms with Crippen LogP contribution in [0.2, 0.25) is 0 Å². The molecule has 0 radical (unpaired) electrons. The fourth-order valence-corrected chi connectivity index (χ4v) is 3.50. The number of hydrogen-bond donors (Lipinski definition) is 0. The number of ether oxygens (including phenoxy) is 1. The van der Waals surface area contributed by atoms with Gasteiger partial charge >= 0.3 is 35.7 Å². The largest absolute Gasteiger partial charge is 1.00 e. The van der Waals surface area contributed by atoms with E-state index in [1.807, 2.05) is 30.3 Å². The Morgan fingerprint density at radius 3 is 2.36 bits per heavy atom. The van der Waals surface area contributed by atoms with Crippen LogP contribution in [0, 0.1) is 0 Å². The van der Waals surface area contributed by atoms with Gasteiger partial charge in [-0.3, -0.25) is 4.90 Å². The summed E-state index contributed by atoms with van der Waals surface area (Å²) in [6, 6.07) is 8.34. The Balaban J connectivity index is 0.00000242. The van der Waals surface area contributed by atoms with Crippen molar-refractivity contribution in [1.82, 2.24) is 4.90 Å². The fraction of sp³-hybridized carbons (Fsp3) is 0.467. The van der Waals surface area contributed by atoms with Gasteiger partial charge in [-0.05, 0) is 26.3 Å². The Hall–Kier alpha value is -0.690. The first kappa shape index (κ1) is 19.4. The molecular weight excluding hydrogens is 313 g/mol. The SMILES string of the molecule is CC(C)(C)OC(=O)N1C(C(=O)[O-])CSC1c1ccccc1.[Na+]. The van der Waals surface area contributed by atoms with Crippen molar-refractivity contribution < 1.29 is 49.0 Å². The Morgan fingerprint density at radius 1 is 1.27 bits per heavy atom. The number of hydrogen-bond acceptors (Lipinski definition) is 5. The first-order chi connectivity index (χ1) is 9.79. The van der Waals surface area contributed by atoms with Crippen molar-refractivity contribution in [2.75, 3.05) is 5.75 Å². The van der Waals surface area contributed by atoms with E-state index in [0.717, 1.165) is 5.56 Å². The molecule has 1 amide bonds. The molecule has 2 atom stereocenters. The summed E-state index contributed by atoms with van der Waals surface area (Å²) in [5.74, 6) is -0.965. The van der Waals surface area contributed by atoms with E-state index < -0.39 is 23.7 Å². The summed E-state index contributed by atoms with van der Waals surface area (Å²) in [6.45, 7) is 5.25. The number of thioether (sulfide) groups is 1. The van der Waals surface area contributed by atoms with E-state index in [9.17, 15) is 14.7 Å². The van der Waals surface area contributed by atoms with Gasteiger partial charge in [0.25, 0.3) is 0 Å². The number of carboxylic acids is 1. The van der Waals surface area contributed by atoms with Crippen molar-refractivity contribution in [3.8, 4) is 0 Å². The Labute approximate surface area is 156 Å². The number of aliphatic carboxylic acids is 1. The van der Waals surface area contributed by atoms with E-state index in [-0.39, 0.29) is 34.9 Å². The van der Waals surface area contributed by atoms with Crippen LogP contribution in [0.1, 0.15) is 31.7 Å².